The van der Waals surface area contributed by atoms with E-state index in [4.69, 9.17) is 14.8 Å². The molecule has 3 aromatic heterocycles. The molecule has 0 fully saturated rings. The van der Waals surface area contributed by atoms with Crippen LogP contribution in [0, 0.1) is 0 Å². The molecule has 0 saturated heterocycles. The molecule has 0 radical (unpaired) electrons. The number of carboxylic acids is 1. The minimum absolute atomic E-state index is 0.0216. The van der Waals surface area contributed by atoms with E-state index in [1.54, 1.807) is 17.0 Å². The minimum atomic E-state index is -1.21. The van der Waals surface area contributed by atoms with Gasteiger partial charge in [0, 0.05) is 33.3 Å². The maximum Gasteiger partial charge on any atom is 0.339 e. The topological polar surface area (TPSA) is 95.1 Å². The molecule has 34 heavy (non-hydrogen) atoms. The van der Waals surface area contributed by atoms with E-state index in [9.17, 15) is 9.90 Å². The van der Waals surface area contributed by atoms with Crippen LogP contribution in [0.4, 0.5) is 0 Å². The molecule has 4 rings (SSSR count). The number of hydrogen-bond donors (Lipinski definition) is 1. The summed E-state index contributed by atoms with van der Waals surface area (Å²) in [7, 11) is 0.697. The molecule has 0 spiro atoms. The predicted molar refractivity (Wildman–Crippen MR) is 137 cm³/mol. The van der Waals surface area contributed by atoms with Crippen LogP contribution in [0.3, 0.4) is 0 Å². The number of rotatable bonds is 7. The zero-order valence-corrected chi connectivity index (χ0v) is 22.0. The zero-order chi connectivity index (χ0) is 24.8. The molecule has 0 saturated carbocycles. The predicted octanol–water partition coefficient (Wildman–Crippen LogP) is 5.29. The van der Waals surface area contributed by atoms with E-state index in [0.717, 1.165) is 16.9 Å². The number of fused-ring (bicyclic) bond motifs is 2. The monoisotopic (exact) mass is 479 g/mol. The van der Waals surface area contributed by atoms with E-state index in [2.05, 4.69) is 63.6 Å². The summed E-state index contributed by atoms with van der Waals surface area (Å²) in [6, 6.07) is 7.35. The molecular weight excluding hydrogens is 446 g/mol. The van der Waals surface area contributed by atoms with E-state index in [1.165, 1.54) is 5.56 Å². The van der Waals surface area contributed by atoms with Crippen LogP contribution in [-0.4, -0.2) is 50.1 Å². The van der Waals surface area contributed by atoms with Gasteiger partial charge in [0.2, 0.25) is 0 Å². The lowest BCUT2D eigenvalue weighted by Gasteiger charge is -2.19. The smallest absolute Gasteiger partial charge is 0.339 e. The largest absolute Gasteiger partial charge is 0.478 e. The van der Waals surface area contributed by atoms with Crippen molar-refractivity contribution in [2.45, 2.75) is 58.6 Å². The van der Waals surface area contributed by atoms with Gasteiger partial charge in [0.05, 0.1) is 11.7 Å². The van der Waals surface area contributed by atoms with Gasteiger partial charge in [0.1, 0.15) is 29.2 Å². The first-order valence-electron chi connectivity index (χ1n) is 11.5. The summed E-state index contributed by atoms with van der Waals surface area (Å²) < 4.78 is 9.38. The molecule has 0 atom stereocenters. The number of ether oxygens (including phenoxy) is 1. The van der Waals surface area contributed by atoms with Crippen molar-refractivity contribution in [1.29, 1.82) is 0 Å². The van der Waals surface area contributed by atoms with Gasteiger partial charge in [0.15, 0.2) is 5.65 Å². The summed E-state index contributed by atoms with van der Waals surface area (Å²) in [6.45, 7) is 14.3. The van der Waals surface area contributed by atoms with Crippen molar-refractivity contribution in [2.24, 2.45) is 7.05 Å². The molecule has 0 aliphatic heterocycles. The Labute approximate surface area is 200 Å². The molecule has 9 heteroatoms. The molecule has 0 bridgehead atoms. The molecular formula is C25H33N5O3Si. The highest BCUT2D eigenvalue weighted by molar-refractivity contribution is 6.76. The van der Waals surface area contributed by atoms with Gasteiger partial charge in [-0.15, -0.1) is 0 Å². The summed E-state index contributed by atoms with van der Waals surface area (Å²) in [5.74, 6) is -1.04. The van der Waals surface area contributed by atoms with Crippen LogP contribution in [0.1, 0.15) is 36.7 Å². The maximum atomic E-state index is 11.9. The van der Waals surface area contributed by atoms with Gasteiger partial charge in [-0.2, -0.15) is 5.10 Å². The van der Waals surface area contributed by atoms with E-state index < -0.39 is 14.0 Å². The lowest BCUT2D eigenvalue weighted by atomic mass is 9.86. The fourth-order valence-electron chi connectivity index (χ4n) is 3.88. The van der Waals surface area contributed by atoms with E-state index >= 15 is 0 Å². The minimum Gasteiger partial charge on any atom is -0.478 e. The lowest BCUT2D eigenvalue weighted by Crippen LogP contribution is -2.22. The molecule has 1 aromatic carbocycles. The second-order valence-corrected chi connectivity index (χ2v) is 16.7. The Bertz CT molecular complexity index is 1380. The average Bonchev–Trinajstić information content (AvgIpc) is 3.27. The second kappa shape index (κ2) is 8.63. The molecule has 0 unspecified atom stereocenters. The summed E-state index contributed by atoms with van der Waals surface area (Å²) in [5.41, 5.74) is 4.39. The van der Waals surface area contributed by atoms with Crippen molar-refractivity contribution in [3.05, 3.63) is 41.7 Å². The van der Waals surface area contributed by atoms with Gasteiger partial charge >= 0.3 is 5.97 Å². The molecule has 180 valence electrons. The molecule has 8 nitrogen and oxygen atoms in total. The van der Waals surface area contributed by atoms with Gasteiger partial charge in [-0.05, 0) is 23.1 Å². The van der Waals surface area contributed by atoms with Crippen LogP contribution >= 0.6 is 0 Å². The van der Waals surface area contributed by atoms with Crippen LogP contribution in [-0.2, 0) is 23.9 Å². The van der Waals surface area contributed by atoms with Crippen molar-refractivity contribution in [2.75, 3.05) is 6.61 Å². The van der Waals surface area contributed by atoms with Crippen molar-refractivity contribution in [3.8, 4) is 11.4 Å². The standard InChI is InChI=1S/C25H33N5O3Si/c1-25(2,3)16-8-9-17-20(12-16)29(4)28-21(17)19-13-26-23-22(27-19)18(24(31)32)14-30(23)15-33-10-11-34(5,6)7/h8-9,12-14H,10-11,15H2,1-7H3,(H,31,32). The third kappa shape index (κ3) is 4.76. The van der Waals surface area contributed by atoms with Crippen LogP contribution in [0.25, 0.3) is 33.5 Å². The average molecular weight is 480 g/mol. The summed E-state index contributed by atoms with van der Waals surface area (Å²) >= 11 is 0. The molecule has 0 aliphatic carbocycles. The summed E-state index contributed by atoms with van der Waals surface area (Å²) in [6.07, 6.45) is 3.21. The Morgan fingerprint density at radius 3 is 2.59 bits per heavy atom. The maximum absolute atomic E-state index is 11.9. The van der Waals surface area contributed by atoms with Gasteiger partial charge in [-0.25, -0.2) is 14.8 Å². The molecule has 0 amide bonds. The van der Waals surface area contributed by atoms with Crippen LogP contribution in [0.15, 0.2) is 30.6 Å². The Hall–Kier alpha value is -3.04. The van der Waals surface area contributed by atoms with Gasteiger partial charge in [0.25, 0.3) is 0 Å². The quantitative estimate of drug-likeness (QED) is 0.286. The third-order valence-corrected chi connectivity index (χ3v) is 7.69. The summed E-state index contributed by atoms with van der Waals surface area (Å²) in [5, 5.41) is 15.4. The van der Waals surface area contributed by atoms with Crippen LogP contribution in [0.2, 0.25) is 25.7 Å². The number of aromatic nitrogens is 5. The fourth-order valence-corrected chi connectivity index (χ4v) is 4.63. The van der Waals surface area contributed by atoms with E-state index in [1.807, 2.05) is 11.7 Å². The number of benzene rings is 1. The van der Waals surface area contributed by atoms with E-state index in [0.29, 0.717) is 29.2 Å². The fraction of sp³-hybridized carbons (Fsp3) is 0.440. The number of aromatic carboxylic acids is 1. The summed E-state index contributed by atoms with van der Waals surface area (Å²) in [4.78, 5) is 21.2. The van der Waals surface area contributed by atoms with Crippen molar-refractivity contribution >= 4 is 36.1 Å². The number of carbonyl (C=O) groups is 1. The Balaban J connectivity index is 1.73. The number of aryl methyl sites for hydroxylation is 1. The van der Waals surface area contributed by atoms with Crippen molar-refractivity contribution in [3.63, 3.8) is 0 Å². The van der Waals surface area contributed by atoms with Crippen molar-refractivity contribution in [1.82, 2.24) is 24.3 Å². The normalized spacial score (nSPS) is 12.7. The van der Waals surface area contributed by atoms with Crippen LogP contribution < -0.4 is 0 Å². The van der Waals surface area contributed by atoms with Crippen LogP contribution in [0.5, 0.6) is 0 Å². The molecule has 3 heterocycles. The first-order valence-corrected chi connectivity index (χ1v) is 15.2. The molecule has 0 aliphatic rings. The van der Waals surface area contributed by atoms with Gasteiger partial charge in [-0.3, -0.25) is 4.68 Å². The third-order valence-electron chi connectivity index (χ3n) is 5.98. The number of nitrogens with zero attached hydrogens (tertiary/aromatic N) is 5. The zero-order valence-electron chi connectivity index (χ0n) is 21.0. The lowest BCUT2D eigenvalue weighted by molar-refractivity contribution is 0.0696. The highest BCUT2D eigenvalue weighted by Gasteiger charge is 2.21. The van der Waals surface area contributed by atoms with E-state index in [-0.39, 0.29) is 17.7 Å². The Morgan fingerprint density at radius 1 is 1.21 bits per heavy atom. The molecule has 4 aromatic rings. The highest BCUT2D eigenvalue weighted by atomic mass is 28.3. The first-order chi connectivity index (χ1) is 15.8. The second-order valence-electron chi connectivity index (χ2n) is 11.0. The number of carboxylic acid groups (broad SMARTS) is 1. The Morgan fingerprint density at radius 2 is 1.94 bits per heavy atom. The van der Waals surface area contributed by atoms with Gasteiger partial charge < -0.3 is 14.4 Å². The SMILES string of the molecule is Cn1nc(-c2cnc3c(n2)c(C(=O)O)cn3COCC[Si](C)(C)C)c2ccc(C(C)(C)C)cc21. The Kier molecular flexibility index (Phi) is 6.11. The van der Waals surface area contributed by atoms with Gasteiger partial charge in [-0.1, -0.05) is 52.5 Å². The highest BCUT2D eigenvalue weighted by Crippen LogP contribution is 2.32. The molecule has 1 N–H and O–H groups in total. The van der Waals surface area contributed by atoms with Crippen molar-refractivity contribution < 1.29 is 14.6 Å². The first kappa shape index (κ1) is 24.1. The number of hydrogen-bond acceptors (Lipinski definition) is 5.